The number of hydrogen-bond acceptors (Lipinski definition) is 5. The fourth-order valence-corrected chi connectivity index (χ4v) is 3.49. The van der Waals surface area contributed by atoms with E-state index in [9.17, 15) is 19.5 Å². The maximum Gasteiger partial charge on any atom is 0.408 e. The van der Waals surface area contributed by atoms with Gasteiger partial charge in [-0.3, -0.25) is 9.59 Å². The molecule has 3 N–H and O–H groups in total. The van der Waals surface area contributed by atoms with Gasteiger partial charge in [0, 0.05) is 13.1 Å². The number of benzene rings is 1. The van der Waals surface area contributed by atoms with Crippen molar-refractivity contribution >= 4 is 17.9 Å². The van der Waals surface area contributed by atoms with Crippen LogP contribution in [0.15, 0.2) is 24.3 Å². The molecule has 8 nitrogen and oxygen atoms in total. The molecule has 192 valence electrons. The van der Waals surface area contributed by atoms with E-state index in [0.717, 1.165) is 24.8 Å². The predicted octanol–water partition coefficient (Wildman–Crippen LogP) is 3.58. The number of ether oxygens (including phenoxy) is 1. The van der Waals surface area contributed by atoms with E-state index in [1.54, 1.807) is 20.8 Å². The van der Waals surface area contributed by atoms with Gasteiger partial charge >= 0.3 is 6.09 Å². The van der Waals surface area contributed by atoms with Crippen LogP contribution in [0, 0.1) is 5.92 Å². The lowest BCUT2D eigenvalue weighted by molar-refractivity contribution is -0.143. The number of rotatable bonds is 12. The fraction of sp³-hybridized carbons (Fsp3) is 0.654. The minimum Gasteiger partial charge on any atom is -0.444 e. The van der Waals surface area contributed by atoms with E-state index >= 15 is 0 Å². The highest BCUT2D eigenvalue weighted by Gasteiger charge is 2.37. The van der Waals surface area contributed by atoms with Gasteiger partial charge in [0.05, 0.1) is 6.61 Å². The van der Waals surface area contributed by atoms with E-state index in [4.69, 9.17) is 4.74 Å². The van der Waals surface area contributed by atoms with Crippen LogP contribution in [-0.4, -0.2) is 59.3 Å². The third-order valence-electron chi connectivity index (χ3n) is 5.32. The summed E-state index contributed by atoms with van der Waals surface area (Å²) in [7, 11) is 0. The van der Waals surface area contributed by atoms with Gasteiger partial charge < -0.3 is 25.4 Å². The Bertz CT molecular complexity index is 787. The van der Waals surface area contributed by atoms with Crippen molar-refractivity contribution in [1.82, 2.24) is 15.5 Å². The number of carbonyl (C=O) groups is 3. The lowest BCUT2D eigenvalue weighted by Gasteiger charge is -2.35. The Morgan fingerprint density at radius 3 is 2.18 bits per heavy atom. The molecule has 2 atom stereocenters. The van der Waals surface area contributed by atoms with Gasteiger partial charge in [0.25, 0.3) is 0 Å². The van der Waals surface area contributed by atoms with Crippen molar-refractivity contribution in [3.63, 3.8) is 0 Å². The second-order valence-corrected chi connectivity index (χ2v) is 9.77. The molecule has 0 bridgehead atoms. The van der Waals surface area contributed by atoms with Crippen LogP contribution in [-0.2, 0) is 20.7 Å². The normalized spacial score (nSPS) is 13.2. The summed E-state index contributed by atoms with van der Waals surface area (Å²) in [5, 5.41) is 15.4. The topological polar surface area (TPSA) is 108 Å². The number of unbranched alkanes of at least 4 members (excludes halogenated alkanes) is 1. The summed E-state index contributed by atoms with van der Waals surface area (Å²) < 4.78 is 5.34. The Hall–Kier alpha value is -2.61. The summed E-state index contributed by atoms with van der Waals surface area (Å²) >= 11 is 0. The highest BCUT2D eigenvalue weighted by atomic mass is 16.6. The summed E-state index contributed by atoms with van der Waals surface area (Å²) in [4.78, 5) is 40.8. The lowest BCUT2D eigenvalue weighted by atomic mass is 9.98. The first kappa shape index (κ1) is 29.4. The third kappa shape index (κ3) is 9.33. The van der Waals surface area contributed by atoms with Crippen LogP contribution in [0.25, 0.3) is 0 Å². The van der Waals surface area contributed by atoms with E-state index in [2.05, 4.69) is 10.6 Å². The van der Waals surface area contributed by atoms with Gasteiger partial charge in [0.15, 0.2) is 0 Å². The van der Waals surface area contributed by atoms with Crippen LogP contribution < -0.4 is 10.6 Å². The lowest BCUT2D eigenvalue weighted by Crippen LogP contribution is -2.55. The summed E-state index contributed by atoms with van der Waals surface area (Å²) in [6.07, 6.45) is 1.88. The zero-order chi connectivity index (χ0) is 25.9. The molecule has 1 rings (SSSR count). The zero-order valence-corrected chi connectivity index (χ0v) is 21.8. The van der Waals surface area contributed by atoms with Crippen LogP contribution in [0.5, 0.6) is 0 Å². The van der Waals surface area contributed by atoms with Gasteiger partial charge in [-0.2, -0.15) is 0 Å². The van der Waals surface area contributed by atoms with E-state index in [1.165, 1.54) is 4.90 Å². The van der Waals surface area contributed by atoms with Crippen molar-refractivity contribution in [2.24, 2.45) is 5.92 Å². The number of hydrogen-bond donors (Lipinski definition) is 3. The number of aliphatic hydroxyl groups excluding tert-OH is 1. The van der Waals surface area contributed by atoms with Gasteiger partial charge in [0.2, 0.25) is 11.8 Å². The largest absolute Gasteiger partial charge is 0.444 e. The van der Waals surface area contributed by atoms with Crippen molar-refractivity contribution in [3.05, 3.63) is 35.4 Å². The minimum atomic E-state index is -0.941. The first-order valence-corrected chi connectivity index (χ1v) is 12.2. The molecule has 3 amide bonds. The van der Waals surface area contributed by atoms with Crippen molar-refractivity contribution < 1.29 is 24.2 Å². The van der Waals surface area contributed by atoms with Crippen LogP contribution in [0.2, 0.25) is 0 Å². The second kappa shape index (κ2) is 13.9. The van der Waals surface area contributed by atoms with Crippen molar-refractivity contribution in [2.45, 2.75) is 85.4 Å². The molecule has 0 aliphatic carbocycles. The molecule has 34 heavy (non-hydrogen) atoms. The molecule has 0 fully saturated rings. The number of amides is 3. The average molecular weight is 478 g/mol. The Balaban J connectivity index is 3.35. The van der Waals surface area contributed by atoms with E-state index in [0.29, 0.717) is 12.1 Å². The summed E-state index contributed by atoms with van der Waals surface area (Å²) in [5.74, 6) is -1.04. The summed E-state index contributed by atoms with van der Waals surface area (Å²) in [6.45, 7) is 13.0. The van der Waals surface area contributed by atoms with Crippen LogP contribution in [0.4, 0.5) is 4.79 Å². The molecule has 0 heterocycles. The van der Waals surface area contributed by atoms with Crippen LogP contribution in [0.1, 0.15) is 78.5 Å². The molecule has 0 aliphatic rings. The second-order valence-electron chi connectivity index (χ2n) is 9.77. The highest BCUT2D eigenvalue weighted by Crippen LogP contribution is 2.24. The SMILES string of the molecule is CCCCNC(=O)C(c1ccc(CC)cc1)N(CCO)C(=O)C(NC(=O)OC(C)(C)C)C(C)C. The molecule has 1 aromatic carbocycles. The quantitative estimate of drug-likeness (QED) is 0.399. The van der Waals surface area contributed by atoms with Gasteiger partial charge in [-0.15, -0.1) is 0 Å². The molecule has 1 aromatic rings. The molecule has 2 unspecified atom stereocenters. The summed E-state index contributed by atoms with van der Waals surface area (Å²) in [6, 6.07) is 5.68. The van der Waals surface area contributed by atoms with Crippen LogP contribution in [0.3, 0.4) is 0 Å². The zero-order valence-electron chi connectivity index (χ0n) is 21.8. The molecule has 8 heteroatoms. The molecule has 0 aromatic heterocycles. The first-order valence-electron chi connectivity index (χ1n) is 12.2. The third-order valence-corrected chi connectivity index (χ3v) is 5.32. The maximum atomic E-state index is 13.7. The molecule has 0 saturated carbocycles. The maximum absolute atomic E-state index is 13.7. The van der Waals surface area contributed by atoms with E-state index in [1.807, 2.05) is 52.0 Å². The molecule has 0 radical (unpaired) electrons. The Kier molecular flexibility index (Phi) is 12.1. The summed E-state index contributed by atoms with van der Waals surface area (Å²) in [5.41, 5.74) is 1.04. The Labute approximate surface area is 204 Å². The standard InChI is InChI=1S/C26H43N3O5/c1-8-10-15-27-23(31)22(20-13-11-19(9-2)12-14-20)29(16-17-30)24(32)21(18(3)4)28-25(33)34-26(5,6)7/h11-14,18,21-22,30H,8-10,15-17H2,1-7H3,(H,27,31)(H,28,33). The Morgan fingerprint density at radius 2 is 1.71 bits per heavy atom. The van der Waals surface area contributed by atoms with Crippen molar-refractivity contribution in [3.8, 4) is 0 Å². The van der Waals surface area contributed by atoms with Crippen molar-refractivity contribution in [1.29, 1.82) is 0 Å². The number of aryl methyl sites for hydroxylation is 1. The minimum absolute atomic E-state index is 0.0561. The monoisotopic (exact) mass is 477 g/mol. The molecule has 0 saturated heterocycles. The van der Waals surface area contributed by atoms with Gasteiger partial charge in [0.1, 0.15) is 17.7 Å². The average Bonchev–Trinajstić information content (AvgIpc) is 2.76. The van der Waals surface area contributed by atoms with E-state index < -0.39 is 29.7 Å². The van der Waals surface area contributed by atoms with E-state index in [-0.39, 0.29) is 25.0 Å². The number of nitrogens with one attached hydrogen (secondary N) is 2. The Morgan fingerprint density at radius 1 is 1.09 bits per heavy atom. The van der Waals surface area contributed by atoms with Gasteiger partial charge in [-0.25, -0.2) is 4.79 Å². The number of aliphatic hydroxyl groups is 1. The highest BCUT2D eigenvalue weighted by molar-refractivity contribution is 5.92. The molecular formula is C26H43N3O5. The smallest absolute Gasteiger partial charge is 0.408 e. The molecular weight excluding hydrogens is 434 g/mol. The number of carbonyl (C=O) groups excluding carboxylic acids is 3. The predicted molar refractivity (Wildman–Crippen MR) is 133 cm³/mol. The number of nitrogens with zero attached hydrogens (tertiary/aromatic N) is 1. The van der Waals surface area contributed by atoms with Gasteiger partial charge in [-0.1, -0.05) is 58.4 Å². The molecule has 0 aliphatic heterocycles. The van der Waals surface area contributed by atoms with Crippen molar-refractivity contribution in [2.75, 3.05) is 19.7 Å². The van der Waals surface area contributed by atoms with Crippen LogP contribution >= 0.6 is 0 Å². The van der Waals surface area contributed by atoms with Gasteiger partial charge in [-0.05, 0) is 50.7 Å². The number of alkyl carbamates (subject to hydrolysis) is 1. The molecule has 0 spiro atoms. The fourth-order valence-electron chi connectivity index (χ4n) is 3.49. The first-order chi connectivity index (χ1) is 15.9.